The molecule has 0 unspecified atom stereocenters. The van der Waals surface area contributed by atoms with E-state index in [1.54, 1.807) is 41.8 Å². The van der Waals surface area contributed by atoms with Crippen LogP contribution in [0.25, 0.3) is 11.0 Å². The number of nitrogens with one attached hydrogen (secondary N) is 1. The lowest BCUT2D eigenvalue weighted by Gasteiger charge is -2.29. The fourth-order valence-corrected chi connectivity index (χ4v) is 5.44. The number of carbonyl (C=O) groups excluding carboxylic acids is 1. The maximum atomic E-state index is 13.5. The molecule has 2 aromatic heterocycles. The van der Waals surface area contributed by atoms with Crippen LogP contribution in [0.15, 0.2) is 65.6 Å². The molecular formula is C29H29ClN4O4. The van der Waals surface area contributed by atoms with E-state index in [4.69, 9.17) is 16.7 Å². The summed E-state index contributed by atoms with van der Waals surface area (Å²) < 4.78 is 3.60. The molecule has 0 atom stereocenters. The number of nitrogens with zero attached hydrogens (tertiary/aromatic N) is 3. The number of aromatic nitrogens is 3. The number of para-hydroxylation sites is 2. The van der Waals surface area contributed by atoms with Gasteiger partial charge in [-0.15, -0.1) is 0 Å². The molecular weight excluding hydrogens is 504 g/mol. The van der Waals surface area contributed by atoms with Crippen LogP contribution in [0.1, 0.15) is 57.7 Å². The van der Waals surface area contributed by atoms with Crippen molar-refractivity contribution < 1.29 is 14.7 Å². The van der Waals surface area contributed by atoms with Gasteiger partial charge in [-0.2, -0.15) is 0 Å². The summed E-state index contributed by atoms with van der Waals surface area (Å²) in [6.07, 6.45) is 5.02. The summed E-state index contributed by atoms with van der Waals surface area (Å²) in [5, 5.41) is 12.7. The molecule has 0 aliphatic heterocycles. The van der Waals surface area contributed by atoms with Crippen LogP contribution in [-0.4, -0.2) is 37.1 Å². The molecule has 2 N–H and O–H groups in total. The van der Waals surface area contributed by atoms with E-state index in [0.29, 0.717) is 35.3 Å². The molecule has 2 aromatic carbocycles. The van der Waals surface area contributed by atoms with Gasteiger partial charge in [0.15, 0.2) is 0 Å². The maximum absolute atomic E-state index is 13.5. The SMILES string of the molecule is Cc1ncc(Cl)cc1C(=O)NC1CCC(Cn2c(=O)n(Cc3ccc(C(=O)O)cc3)c3ccccc32)CC1. The Morgan fingerprint density at radius 1 is 1.03 bits per heavy atom. The van der Waals surface area contributed by atoms with Gasteiger partial charge in [-0.25, -0.2) is 9.59 Å². The van der Waals surface area contributed by atoms with E-state index >= 15 is 0 Å². The zero-order chi connectivity index (χ0) is 26.8. The van der Waals surface area contributed by atoms with Gasteiger partial charge >= 0.3 is 11.7 Å². The van der Waals surface area contributed by atoms with Crippen LogP contribution in [0.5, 0.6) is 0 Å². The summed E-state index contributed by atoms with van der Waals surface area (Å²) in [6.45, 7) is 2.77. The van der Waals surface area contributed by atoms with E-state index in [1.807, 2.05) is 28.8 Å². The molecule has 1 fully saturated rings. The number of aryl methyl sites for hydroxylation is 1. The number of halogens is 1. The highest BCUT2D eigenvalue weighted by molar-refractivity contribution is 6.30. The highest BCUT2D eigenvalue weighted by atomic mass is 35.5. The highest BCUT2D eigenvalue weighted by Gasteiger charge is 2.25. The first-order valence-corrected chi connectivity index (χ1v) is 13.1. The number of hydrogen-bond acceptors (Lipinski definition) is 4. The number of fused-ring (bicyclic) bond motifs is 1. The Kier molecular flexibility index (Phi) is 7.33. The lowest BCUT2D eigenvalue weighted by Crippen LogP contribution is -2.39. The number of carbonyl (C=O) groups is 2. The molecule has 5 rings (SSSR count). The molecule has 0 saturated heterocycles. The quantitative estimate of drug-likeness (QED) is 0.352. The molecule has 38 heavy (non-hydrogen) atoms. The average Bonchev–Trinajstić information content (AvgIpc) is 3.17. The monoisotopic (exact) mass is 532 g/mol. The Morgan fingerprint density at radius 2 is 1.68 bits per heavy atom. The Hall–Kier alpha value is -3.91. The minimum atomic E-state index is -0.976. The Balaban J connectivity index is 1.27. The van der Waals surface area contributed by atoms with Crippen LogP contribution in [0.3, 0.4) is 0 Å². The number of aromatic carboxylic acids is 1. The predicted molar refractivity (Wildman–Crippen MR) is 146 cm³/mol. The van der Waals surface area contributed by atoms with Gasteiger partial charge in [0.05, 0.1) is 39.4 Å². The molecule has 2 heterocycles. The molecule has 4 aromatic rings. The Morgan fingerprint density at radius 3 is 2.34 bits per heavy atom. The van der Waals surface area contributed by atoms with Crippen molar-refractivity contribution in [3.05, 3.63) is 98.7 Å². The second-order valence-corrected chi connectivity index (χ2v) is 10.4. The smallest absolute Gasteiger partial charge is 0.335 e. The summed E-state index contributed by atoms with van der Waals surface area (Å²) in [4.78, 5) is 41.6. The van der Waals surface area contributed by atoms with E-state index in [2.05, 4.69) is 10.3 Å². The van der Waals surface area contributed by atoms with Crippen molar-refractivity contribution in [2.24, 2.45) is 5.92 Å². The van der Waals surface area contributed by atoms with E-state index in [0.717, 1.165) is 42.3 Å². The summed E-state index contributed by atoms with van der Waals surface area (Å²) in [6, 6.07) is 16.1. The number of amides is 1. The van der Waals surface area contributed by atoms with E-state index in [1.165, 1.54) is 6.20 Å². The molecule has 0 radical (unpaired) electrons. The average molecular weight is 533 g/mol. The zero-order valence-corrected chi connectivity index (χ0v) is 21.8. The summed E-state index contributed by atoms with van der Waals surface area (Å²) in [5.74, 6) is -0.808. The van der Waals surface area contributed by atoms with Crippen molar-refractivity contribution in [1.82, 2.24) is 19.4 Å². The van der Waals surface area contributed by atoms with E-state index < -0.39 is 5.97 Å². The number of pyridine rings is 1. The minimum Gasteiger partial charge on any atom is -0.478 e. The minimum absolute atomic E-state index is 0.0731. The third-order valence-electron chi connectivity index (χ3n) is 7.39. The Bertz CT molecular complexity index is 1550. The molecule has 196 valence electrons. The predicted octanol–water partition coefficient (Wildman–Crippen LogP) is 4.90. The Labute approximate surface area is 224 Å². The number of carboxylic acids is 1. The summed E-state index contributed by atoms with van der Waals surface area (Å²) >= 11 is 6.03. The van der Waals surface area contributed by atoms with Crippen LogP contribution in [-0.2, 0) is 13.1 Å². The second-order valence-electron chi connectivity index (χ2n) is 9.95. The third kappa shape index (κ3) is 5.36. The molecule has 1 amide bonds. The van der Waals surface area contributed by atoms with Gasteiger partial charge in [-0.1, -0.05) is 35.9 Å². The van der Waals surface area contributed by atoms with Crippen LogP contribution < -0.4 is 11.0 Å². The molecule has 0 spiro atoms. The van der Waals surface area contributed by atoms with Crippen molar-refractivity contribution in [3.8, 4) is 0 Å². The van der Waals surface area contributed by atoms with Crippen molar-refractivity contribution >= 4 is 34.5 Å². The molecule has 1 saturated carbocycles. The van der Waals surface area contributed by atoms with Gasteiger partial charge in [-0.05, 0) is 74.4 Å². The molecule has 9 heteroatoms. The van der Waals surface area contributed by atoms with Crippen molar-refractivity contribution in [1.29, 1.82) is 0 Å². The van der Waals surface area contributed by atoms with Crippen LogP contribution in [0.4, 0.5) is 0 Å². The first-order chi connectivity index (χ1) is 18.3. The maximum Gasteiger partial charge on any atom is 0.335 e. The third-order valence-corrected chi connectivity index (χ3v) is 7.59. The first kappa shape index (κ1) is 25.7. The largest absolute Gasteiger partial charge is 0.478 e. The van der Waals surface area contributed by atoms with Gasteiger partial charge in [-0.3, -0.25) is 18.9 Å². The lowest BCUT2D eigenvalue weighted by molar-refractivity contribution is 0.0696. The summed E-state index contributed by atoms with van der Waals surface area (Å²) in [5.41, 5.74) is 3.89. The molecule has 0 bridgehead atoms. The van der Waals surface area contributed by atoms with Crippen molar-refractivity contribution in [2.75, 3.05) is 0 Å². The fraction of sp³-hybridized carbons (Fsp3) is 0.310. The second kappa shape index (κ2) is 10.8. The lowest BCUT2D eigenvalue weighted by atomic mass is 9.85. The molecule has 1 aliphatic carbocycles. The number of carboxylic acid groups (broad SMARTS) is 1. The number of imidazole rings is 1. The first-order valence-electron chi connectivity index (χ1n) is 12.7. The van der Waals surface area contributed by atoms with Crippen LogP contribution in [0.2, 0.25) is 5.02 Å². The van der Waals surface area contributed by atoms with E-state index in [-0.39, 0.29) is 23.2 Å². The van der Waals surface area contributed by atoms with Gasteiger partial charge in [0, 0.05) is 18.8 Å². The topological polar surface area (TPSA) is 106 Å². The van der Waals surface area contributed by atoms with E-state index in [9.17, 15) is 14.4 Å². The standard InChI is InChI=1S/C29H29ClN4O4/c1-18-24(14-22(30)15-31-18)27(35)32-23-12-8-20(9-13-23)17-34-26-5-3-2-4-25(26)33(29(34)38)16-19-6-10-21(11-7-19)28(36)37/h2-7,10-11,14-15,20,23H,8-9,12-13,16-17H2,1H3,(H,32,35)(H,36,37). The van der Waals surface area contributed by atoms with Crippen molar-refractivity contribution in [3.63, 3.8) is 0 Å². The highest BCUT2D eigenvalue weighted by Crippen LogP contribution is 2.27. The van der Waals surface area contributed by atoms with Gasteiger partial charge in [0.1, 0.15) is 0 Å². The van der Waals surface area contributed by atoms with Gasteiger partial charge in [0.25, 0.3) is 5.91 Å². The van der Waals surface area contributed by atoms with Crippen molar-refractivity contribution in [2.45, 2.75) is 51.7 Å². The van der Waals surface area contributed by atoms with Gasteiger partial charge in [0.2, 0.25) is 0 Å². The number of hydrogen-bond donors (Lipinski definition) is 2. The normalized spacial score (nSPS) is 17.4. The van der Waals surface area contributed by atoms with Gasteiger partial charge < -0.3 is 10.4 Å². The molecule has 8 nitrogen and oxygen atoms in total. The summed E-state index contributed by atoms with van der Waals surface area (Å²) in [7, 11) is 0. The van der Waals surface area contributed by atoms with Crippen LogP contribution in [0, 0.1) is 12.8 Å². The number of rotatable bonds is 7. The zero-order valence-electron chi connectivity index (χ0n) is 21.1. The fourth-order valence-electron chi connectivity index (χ4n) is 5.29. The number of benzene rings is 2. The molecule has 1 aliphatic rings. The van der Waals surface area contributed by atoms with Crippen LogP contribution >= 0.6 is 11.6 Å².